The zero-order chi connectivity index (χ0) is 16.3. The summed E-state index contributed by atoms with van der Waals surface area (Å²) in [6.07, 6.45) is 11.6. The fourth-order valence-corrected chi connectivity index (χ4v) is 5.74. The highest BCUT2D eigenvalue weighted by Gasteiger charge is 2.15. The SMILES string of the molecule is CCCCCC1=CC([SiH2]c2c(C)c(C)c(C)c(C)c2C)=CC1. The van der Waals surface area contributed by atoms with E-state index in [1.807, 2.05) is 0 Å². The molecule has 0 radical (unpaired) electrons. The van der Waals surface area contributed by atoms with E-state index < -0.39 is 0 Å². The number of benzene rings is 1. The van der Waals surface area contributed by atoms with E-state index in [4.69, 9.17) is 0 Å². The van der Waals surface area contributed by atoms with E-state index in [2.05, 4.69) is 53.7 Å². The van der Waals surface area contributed by atoms with E-state index in [0.29, 0.717) is 0 Å². The second-order valence-corrected chi connectivity index (χ2v) is 8.90. The molecule has 22 heavy (non-hydrogen) atoms. The molecule has 2 rings (SSSR count). The van der Waals surface area contributed by atoms with Crippen molar-refractivity contribution in [3.63, 3.8) is 0 Å². The molecule has 0 fully saturated rings. The maximum atomic E-state index is 2.53. The molecule has 1 aliphatic carbocycles. The summed E-state index contributed by atoms with van der Waals surface area (Å²) in [4.78, 5) is 0. The zero-order valence-corrected chi connectivity index (χ0v) is 16.8. The Kier molecular flexibility index (Phi) is 5.85. The fraction of sp³-hybridized carbons (Fsp3) is 0.524. The monoisotopic (exact) mass is 312 g/mol. The fourth-order valence-electron chi connectivity index (χ4n) is 3.59. The summed E-state index contributed by atoms with van der Waals surface area (Å²) >= 11 is 0. The van der Waals surface area contributed by atoms with Gasteiger partial charge in [-0.2, -0.15) is 0 Å². The Morgan fingerprint density at radius 3 is 2.05 bits per heavy atom. The number of unbranched alkanes of at least 4 members (excludes halogenated alkanes) is 2. The van der Waals surface area contributed by atoms with Crippen molar-refractivity contribution < 1.29 is 0 Å². The molecule has 1 heteroatoms. The maximum absolute atomic E-state index is 2.53. The quantitative estimate of drug-likeness (QED) is 0.522. The largest absolute Gasteiger partial charge is 0.0878 e. The van der Waals surface area contributed by atoms with Gasteiger partial charge in [-0.3, -0.25) is 0 Å². The van der Waals surface area contributed by atoms with Crippen LogP contribution < -0.4 is 5.19 Å². The van der Waals surface area contributed by atoms with Crippen LogP contribution in [0.25, 0.3) is 0 Å². The highest BCUT2D eigenvalue weighted by Crippen LogP contribution is 2.24. The molecule has 0 nitrogen and oxygen atoms in total. The van der Waals surface area contributed by atoms with E-state index >= 15 is 0 Å². The first-order valence-electron chi connectivity index (χ1n) is 8.90. The van der Waals surface area contributed by atoms with Crippen molar-refractivity contribution >= 4 is 14.7 Å². The molecule has 0 atom stereocenters. The summed E-state index contributed by atoms with van der Waals surface area (Å²) < 4.78 is 0. The van der Waals surface area contributed by atoms with Crippen LogP contribution in [0.5, 0.6) is 0 Å². The molecule has 0 saturated heterocycles. The first kappa shape index (κ1) is 17.3. The normalized spacial score (nSPS) is 14.8. The van der Waals surface area contributed by atoms with Crippen LogP contribution >= 0.6 is 0 Å². The molecule has 0 amide bonds. The minimum atomic E-state index is -0.327. The Morgan fingerprint density at radius 1 is 0.864 bits per heavy atom. The van der Waals surface area contributed by atoms with Crippen molar-refractivity contribution in [3.05, 3.63) is 50.7 Å². The molecule has 0 unspecified atom stereocenters. The molecule has 0 heterocycles. The topological polar surface area (TPSA) is 0 Å². The third kappa shape index (κ3) is 3.63. The zero-order valence-electron chi connectivity index (χ0n) is 15.4. The number of rotatable bonds is 6. The van der Waals surface area contributed by atoms with Gasteiger partial charge in [-0.15, -0.1) is 0 Å². The average Bonchev–Trinajstić information content (AvgIpc) is 2.95. The van der Waals surface area contributed by atoms with Crippen LogP contribution in [0, 0.1) is 34.6 Å². The third-order valence-corrected chi connectivity index (χ3v) is 7.97. The summed E-state index contributed by atoms with van der Waals surface area (Å²) in [5, 5.41) is 3.36. The van der Waals surface area contributed by atoms with Crippen LogP contribution in [0.1, 0.15) is 66.8 Å². The van der Waals surface area contributed by atoms with Crippen LogP contribution in [0.3, 0.4) is 0 Å². The van der Waals surface area contributed by atoms with Crippen LogP contribution in [0.15, 0.2) is 22.9 Å². The van der Waals surface area contributed by atoms with Crippen molar-refractivity contribution in [1.82, 2.24) is 0 Å². The Morgan fingerprint density at radius 2 is 1.45 bits per heavy atom. The van der Waals surface area contributed by atoms with E-state index in [0.717, 1.165) is 0 Å². The van der Waals surface area contributed by atoms with Gasteiger partial charge in [0, 0.05) is 0 Å². The molecule has 0 N–H and O–H groups in total. The van der Waals surface area contributed by atoms with Crippen molar-refractivity contribution in [2.75, 3.05) is 0 Å². The third-order valence-electron chi connectivity index (χ3n) is 5.65. The summed E-state index contributed by atoms with van der Waals surface area (Å²) in [6.45, 7) is 13.8. The number of hydrogen-bond acceptors (Lipinski definition) is 0. The van der Waals surface area contributed by atoms with E-state index in [-0.39, 0.29) is 9.52 Å². The Hall–Kier alpha value is -1.08. The predicted molar refractivity (Wildman–Crippen MR) is 103 cm³/mol. The summed E-state index contributed by atoms with van der Waals surface area (Å²) in [7, 11) is -0.327. The lowest BCUT2D eigenvalue weighted by Crippen LogP contribution is -2.25. The highest BCUT2D eigenvalue weighted by molar-refractivity contribution is 6.63. The van der Waals surface area contributed by atoms with Gasteiger partial charge >= 0.3 is 0 Å². The smallest absolute Gasteiger partial charge is 0.0815 e. The lowest BCUT2D eigenvalue weighted by Gasteiger charge is -2.18. The number of hydrogen-bond donors (Lipinski definition) is 0. The van der Waals surface area contributed by atoms with Crippen molar-refractivity contribution in [2.45, 2.75) is 73.6 Å². The highest BCUT2D eigenvalue weighted by atomic mass is 28.2. The molecule has 0 saturated carbocycles. The molecular formula is C21H32Si. The molecule has 0 bridgehead atoms. The lowest BCUT2D eigenvalue weighted by atomic mass is 9.95. The van der Waals surface area contributed by atoms with Gasteiger partial charge in [0.25, 0.3) is 0 Å². The van der Waals surface area contributed by atoms with Gasteiger partial charge in [0.2, 0.25) is 0 Å². The standard InChI is InChI=1S/C21H32Si/c1-7-8-9-10-19-11-12-20(13-19)22-21-17(5)15(3)14(2)16(4)18(21)6/h12-13H,7-11,22H2,1-6H3. The number of allylic oxidation sites excluding steroid dienone is 4. The summed E-state index contributed by atoms with van der Waals surface area (Å²) in [5.41, 5.74) is 9.30. The van der Waals surface area contributed by atoms with E-state index in [9.17, 15) is 0 Å². The van der Waals surface area contributed by atoms with Gasteiger partial charge in [-0.1, -0.05) is 47.9 Å². The van der Waals surface area contributed by atoms with Crippen LogP contribution in [-0.4, -0.2) is 9.52 Å². The first-order valence-corrected chi connectivity index (χ1v) is 10.3. The second kappa shape index (κ2) is 7.46. The summed E-state index contributed by atoms with van der Waals surface area (Å²) in [5.74, 6) is 0. The Labute approximate surface area is 139 Å². The molecule has 120 valence electrons. The van der Waals surface area contributed by atoms with E-state index in [1.54, 1.807) is 27.1 Å². The van der Waals surface area contributed by atoms with Crippen LogP contribution in [-0.2, 0) is 0 Å². The Bertz CT molecular complexity index is 588. The van der Waals surface area contributed by atoms with Gasteiger partial charge in [0.15, 0.2) is 0 Å². The van der Waals surface area contributed by atoms with Gasteiger partial charge in [-0.05, 0) is 81.7 Å². The van der Waals surface area contributed by atoms with Gasteiger partial charge in [0.1, 0.15) is 0 Å². The molecular weight excluding hydrogens is 280 g/mol. The van der Waals surface area contributed by atoms with Gasteiger partial charge in [0.05, 0.1) is 9.52 Å². The van der Waals surface area contributed by atoms with Crippen molar-refractivity contribution in [1.29, 1.82) is 0 Å². The molecule has 0 aliphatic heterocycles. The summed E-state index contributed by atoms with van der Waals surface area (Å²) in [6, 6.07) is 0. The average molecular weight is 313 g/mol. The molecule has 1 aromatic carbocycles. The van der Waals surface area contributed by atoms with Gasteiger partial charge < -0.3 is 0 Å². The van der Waals surface area contributed by atoms with Crippen LogP contribution in [0.4, 0.5) is 0 Å². The van der Waals surface area contributed by atoms with Crippen LogP contribution in [0.2, 0.25) is 0 Å². The molecule has 0 aromatic heterocycles. The van der Waals surface area contributed by atoms with Crippen molar-refractivity contribution in [3.8, 4) is 0 Å². The minimum Gasteiger partial charge on any atom is -0.0815 e. The predicted octanol–water partition coefficient (Wildman–Crippen LogP) is 4.82. The van der Waals surface area contributed by atoms with Gasteiger partial charge in [-0.25, -0.2) is 0 Å². The second-order valence-electron chi connectivity index (χ2n) is 7.02. The minimum absolute atomic E-state index is 0.327. The molecule has 1 aromatic rings. The molecule has 1 aliphatic rings. The lowest BCUT2D eigenvalue weighted by molar-refractivity contribution is 0.709. The van der Waals surface area contributed by atoms with Crippen molar-refractivity contribution in [2.24, 2.45) is 0 Å². The van der Waals surface area contributed by atoms with E-state index in [1.165, 1.54) is 48.8 Å². The first-order chi connectivity index (χ1) is 10.5. The molecule has 0 spiro atoms. The Balaban J connectivity index is 2.16. The maximum Gasteiger partial charge on any atom is 0.0878 e.